The van der Waals surface area contributed by atoms with E-state index in [0.717, 1.165) is 12.1 Å². The van der Waals surface area contributed by atoms with Crippen LogP contribution in [0.4, 0.5) is 5.95 Å². The van der Waals surface area contributed by atoms with Gasteiger partial charge in [0.25, 0.3) is 0 Å². The molecule has 108 valence electrons. The highest BCUT2D eigenvalue weighted by molar-refractivity contribution is 7.11. The first-order chi connectivity index (χ1) is 10.2. The largest absolute Gasteiger partial charge is 0.350 e. The summed E-state index contributed by atoms with van der Waals surface area (Å²) >= 11 is 1.83. The molecule has 2 aromatic heterocycles. The van der Waals surface area contributed by atoms with E-state index in [-0.39, 0.29) is 6.04 Å². The molecule has 3 aromatic rings. The Morgan fingerprint density at radius 2 is 2.00 bits per heavy atom. The molecule has 21 heavy (non-hydrogen) atoms. The third kappa shape index (κ3) is 3.28. The Morgan fingerprint density at radius 3 is 2.71 bits per heavy atom. The number of tetrazole rings is 1. The van der Waals surface area contributed by atoms with Gasteiger partial charge in [0, 0.05) is 22.2 Å². The highest BCUT2D eigenvalue weighted by Crippen LogP contribution is 2.18. The molecule has 0 aliphatic heterocycles. The highest BCUT2D eigenvalue weighted by atomic mass is 32.1. The molecule has 5 nitrogen and oxygen atoms in total. The predicted molar refractivity (Wildman–Crippen MR) is 85.0 cm³/mol. The van der Waals surface area contributed by atoms with Gasteiger partial charge in [0.15, 0.2) is 0 Å². The number of aryl methyl sites for hydroxylation is 1. The summed E-state index contributed by atoms with van der Waals surface area (Å²) in [5.41, 5.74) is 0.948. The highest BCUT2D eigenvalue weighted by Gasteiger charge is 2.12. The molecule has 0 saturated carbocycles. The summed E-state index contributed by atoms with van der Waals surface area (Å²) in [6.07, 6.45) is 0.958. The van der Waals surface area contributed by atoms with E-state index in [1.165, 1.54) is 9.75 Å². The number of benzene rings is 1. The van der Waals surface area contributed by atoms with Gasteiger partial charge in [-0.05, 0) is 48.5 Å². The number of nitrogens with one attached hydrogen (secondary N) is 1. The van der Waals surface area contributed by atoms with Crippen LogP contribution >= 0.6 is 11.3 Å². The zero-order valence-corrected chi connectivity index (χ0v) is 12.8. The summed E-state index contributed by atoms with van der Waals surface area (Å²) in [7, 11) is 0. The number of anilines is 1. The first kappa shape index (κ1) is 13.8. The van der Waals surface area contributed by atoms with Gasteiger partial charge in [-0.2, -0.15) is 4.68 Å². The zero-order valence-electron chi connectivity index (χ0n) is 12.0. The van der Waals surface area contributed by atoms with Gasteiger partial charge in [-0.25, -0.2) is 0 Å². The van der Waals surface area contributed by atoms with Crippen molar-refractivity contribution in [3.8, 4) is 5.69 Å². The number of hydrogen-bond donors (Lipinski definition) is 1. The van der Waals surface area contributed by atoms with Crippen molar-refractivity contribution in [1.29, 1.82) is 0 Å². The van der Waals surface area contributed by atoms with Crippen LogP contribution in [0.5, 0.6) is 0 Å². The molecule has 0 amide bonds. The minimum Gasteiger partial charge on any atom is -0.350 e. The van der Waals surface area contributed by atoms with Crippen LogP contribution in [-0.4, -0.2) is 26.2 Å². The third-order valence-electron chi connectivity index (χ3n) is 3.15. The van der Waals surface area contributed by atoms with Crippen molar-refractivity contribution in [3.63, 3.8) is 0 Å². The Bertz CT molecular complexity index is 704. The average Bonchev–Trinajstić information content (AvgIpc) is 3.09. The lowest BCUT2D eigenvalue weighted by molar-refractivity contribution is 0.760. The Hall–Kier alpha value is -2.21. The molecule has 0 aliphatic carbocycles. The second kappa shape index (κ2) is 6.05. The second-order valence-corrected chi connectivity index (χ2v) is 6.38. The summed E-state index contributed by atoms with van der Waals surface area (Å²) in [5.74, 6) is 0.668. The number of hydrogen-bond acceptors (Lipinski definition) is 5. The maximum atomic E-state index is 4.07. The lowest BCUT2D eigenvalue weighted by atomic mass is 10.2. The van der Waals surface area contributed by atoms with Gasteiger partial charge < -0.3 is 5.32 Å². The molecule has 0 bridgehead atoms. The van der Waals surface area contributed by atoms with Crippen molar-refractivity contribution in [2.45, 2.75) is 26.3 Å². The van der Waals surface area contributed by atoms with Crippen molar-refractivity contribution in [2.75, 3.05) is 5.32 Å². The van der Waals surface area contributed by atoms with Crippen LogP contribution in [0, 0.1) is 6.92 Å². The van der Waals surface area contributed by atoms with Crippen LogP contribution in [0.15, 0.2) is 42.5 Å². The summed E-state index contributed by atoms with van der Waals surface area (Å²) in [6.45, 7) is 4.27. The molecule has 2 heterocycles. The SMILES string of the molecule is Cc1ccc(CC(C)Nc2nnnn2-c2ccccc2)s1. The summed E-state index contributed by atoms with van der Waals surface area (Å²) in [5, 5.41) is 15.3. The van der Waals surface area contributed by atoms with Crippen LogP contribution in [0.1, 0.15) is 16.7 Å². The van der Waals surface area contributed by atoms with E-state index in [2.05, 4.69) is 46.8 Å². The molecule has 0 aliphatic rings. The fraction of sp³-hybridized carbons (Fsp3) is 0.267. The quantitative estimate of drug-likeness (QED) is 0.786. The number of nitrogens with zero attached hydrogens (tertiary/aromatic N) is 4. The van der Waals surface area contributed by atoms with Crippen molar-refractivity contribution >= 4 is 17.3 Å². The van der Waals surface area contributed by atoms with E-state index in [1.54, 1.807) is 4.68 Å². The molecule has 1 atom stereocenters. The number of rotatable bonds is 5. The lowest BCUT2D eigenvalue weighted by Gasteiger charge is -2.13. The Kier molecular flexibility index (Phi) is 3.96. The number of para-hydroxylation sites is 1. The predicted octanol–water partition coefficient (Wildman–Crippen LogP) is 3.08. The lowest BCUT2D eigenvalue weighted by Crippen LogP contribution is -2.20. The standard InChI is InChI=1S/C15H17N5S/c1-11(10-14-9-8-12(2)21-14)16-15-17-18-19-20(15)13-6-4-3-5-7-13/h3-9,11H,10H2,1-2H3,(H,16,17,19). The van der Waals surface area contributed by atoms with Crippen molar-refractivity contribution < 1.29 is 0 Å². The topological polar surface area (TPSA) is 55.6 Å². The molecule has 1 unspecified atom stereocenters. The van der Waals surface area contributed by atoms with E-state index < -0.39 is 0 Å². The summed E-state index contributed by atoms with van der Waals surface area (Å²) in [4.78, 5) is 2.71. The Labute approximate surface area is 127 Å². The smallest absolute Gasteiger partial charge is 0.247 e. The minimum atomic E-state index is 0.261. The third-order valence-corrected chi connectivity index (χ3v) is 4.17. The van der Waals surface area contributed by atoms with Crippen molar-refractivity contribution in [2.24, 2.45) is 0 Å². The van der Waals surface area contributed by atoms with Crippen molar-refractivity contribution in [1.82, 2.24) is 20.2 Å². The van der Waals surface area contributed by atoms with E-state index in [1.807, 2.05) is 41.7 Å². The second-order valence-electron chi connectivity index (χ2n) is 5.01. The number of aromatic nitrogens is 4. The van der Waals surface area contributed by atoms with Gasteiger partial charge in [-0.1, -0.05) is 23.3 Å². The van der Waals surface area contributed by atoms with E-state index >= 15 is 0 Å². The van der Waals surface area contributed by atoms with Gasteiger partial charge in [0.05, 0.1) is 5.69 Å². The van der Waals surface area contributed by atoms with Gasteiger partial charge in [-0.3, -0.25) is 0 Å². The summed E-state index contributed by atoms with van der Waals surface area (Å²) in [6, 6.07) is 14.5. The fourth-order valence-corrected chi connectivity index (χ4v) is 3.21. The molecule has 0 spiro atoms. The van der Waals surface area contributed by atoms with E-state index in [4.69, 9.17) is 0 Å². The van der Waals surface area contributed by atoms with Crippen LogP contribution in [0.2, 0.25) is 0 Å². The maximum Gasteiger partial charge on any atom is 0.247 e. The molecule has 1 N–H and O–H groups in total. The fourth-order valence-electron chi connectivity index (χ4n) is 2.19. The molecule has 6 heteroatoms. The normalized spacial score (nSPS) is 12.3. The van der Waals surface area contributed by atoms with Crippen LogP contribution in [0.3, 0.4) is 0 Å². The maximum absolute atomic E-state index is 4.07. The van der Waals surface area contributed by atoms with Crippen LogP contribution < -0.4 is 5.32 Å². The Morgan fingerprint density at radius 1 is 1.19 bits per heavy atom. The molecule has 0 radical (unpaired) electrons. The summed E-state index contributed by atoms with van der Waals surface area (Å²) < 4.78 is 1.72. The zero-order chi connectivity index (χ0) is 14.7. The van der Waals surface area contributed by atoms with E-state index in [0.29, 0.717) is 5.95 Å². The monoisotopic (exact) mass is 299 g/mol. The first-order valence-electron chi connectivity index (χ1n) is 6.88. The Balaban J connectivity index is 1.72. The molecule has 1 aromatic carbocycles. The number of thiophene rings is 1. The van der Waals surface area contributed by atoms with Gasteiger partial charge in [0.2, 0.25) is 5.95 Å². The van der Waals surface area contributed by atoms with Crippen molar-refractivity contribution in [3.05, 3.63) is 52.2 Å². The molecule has 0 fully saturated rings. The van der Waals surface area contributed by atoms with Gasteiger partial charge >= 0.3 is 0 Å². The molecular formula is C15H17N5S. The van der Waals surface area contributed by atoms with Crippen LogP contribution in [-0.2, 0) is 6.42 Å². The molecule has 0 saturated heterocycles. The molecular weight excluding hydrogens is 282 g/mol. The average molecular weight is 299 g/mol. The van der Waals surface area contributed by atoms with Gasteiger partial charge in [0.1, 0.15) is 0 Å². The van der Waals surface area contributed by atoms with Crippen LogP contribution in [0.25, 0.3) is 5.69 Å². The first-order valence-corrected chi connectivity index (χ1v) is 7.69. The van der Waals surface area contributed by atoms with Gasteiger partial charge in [-0.15, -0.1) is 11.3 Å². The minimum absolute atomic E-state index is 0.261. The van der Waals surface area contributed by atoms with E-state index in [9.17, 15) is 0 Å². The molecule has 3 rings (SSSR count).